The predicted molar refractivity (Wildman–Crippen MR) is 59.8 cm³/mol. The molecule has 0 unspecified atom stereocenters. The molecule has 0 aliphatic rings. The van der Waals surface area contributed by atoms with Crippen molar-refractivity contribution < 1.29 is 0 Å². The van der Waals surface area contributed by atoms with Crippen molar-refractivity contribution in [3.8, 4) is 0 Å². The van der Waals surface area contributed by atoms with Gasteiger partial charge < -0.3 is 5.73 Å². The van der Waals surface area contributed by atoms with Gasteiger partial charge in [0.25, 0.3) is 5.56 Å². The van der Waals surface area contributed by atoms with Crippen molar-refractivity contribution in [2.24, 2.45) is 0 Å². The molecule has 2 N–H and O–H groups in total. The Morgan fingerprint density at radius 1 is 1.27 bits per heavy atom. The summed E-state index contributed by atoms with van der Waals surface area (Å²) in [6.45, 7) is 7.46. The molecule has 15 heavy (non-hydrogen) atoms. The quantitative estimate of drug-likeness (QED) is 0.704. The third kappa shape index (κ3) is 2.07. The highest BCUT2D eigenvalue weighted by atomic mass is 16.2. The summed E-state index contributed by atoms with van der Waals surface area (Å²) in [5.74, 6) is 0. The summed E-state index contributed by atoms with van der Waals surface area (Å²) in [7, 11) is 0. The first-order chi connectivity index (χ1) is 7.11. The van der Waals surface area contributed by atoms with Crippen molar-refractivity contribution in [3.63, 3.8) is 0 Å². The van der Waals surface area contributed by atoms with Gasteiger partial charge in [-0.25, -0.2) is 4.79 Å². The Bertz CT molecular complexity index is 496. The van der Waals surface area contributed by atoms with Crippen LogP contribution in [0.5, 0.6) is 0 Å². The maximum atomic E-state index is 11.7. The zero-order chi connectivity index (χ0) is 11.4. The second-order valence-electron chi connectivity index (χ2n) is 3.01. The number of hydrogen-bond acceptors (Lipinski definition) is 3. The highest BCUT2D eigenvalue weighted by molar-refractivity contribution is 5.31. The van der Waals surface area contributed by atoms with Gasteiger partial charge in [0, 0.05) is 19.3 Å². The standard InChI is InChI=1S/C10H13N3O2/c1-3-5-12-7-8(11)9(14)13(6-4-2)10(12)15/h3-4,7H,1-2,5-6,11H2. The van der Waals surface area contributed by atoms with Crippen LogP contribution in [0.3, 0.4) is 0 Å². The minimum absolute atomic E-state index is 0.0401. The third-order valence-corrected chi connectivity index (χ3v) is 1.90. The van der Waals surface area contributed by atoms with E-state index in [1.54, 1.807) is 6.08 Å². The second-order valence-corrected chi connectivity index (χ2v) is 3.01. The number of allylic oxidation sites excluding steroid dienone is 2. The van der Waals surface area contributed by atoms with E-state index < -0.39 is 11.2 Å². The van der Waals surface area contributed by atoms with Crippen molar-refractivity contribution in [2.75, 3.05) is 5.73 Å². The monoisotopic (exact) mass is 207 g/mol. The Labute approximate surface area is 86.8 Å². The van der Waals surface area contributed by atoms with E-state index in [1.807, 2.05) is 0 Å². The molecule has 0 aliphatic carbocycles. The number of rotatable bonds is 4. The van der Waals surface area contributed by atoms with Gasteiger partial charge in [0.1, 0.15) is 5.69 Å². The summed E-state index contributed by atoms with van der Waals surface area (Å²) < 4.78 is 2.36. The van der Waals surface area contributed by atoms with E-state index in [1.165, 1.54) is 16.8 Å². The molecular formula is C10H13N3O2. The van der Waals surface area contributed by atoms with Crippen LogP contribution in [0.15, 0.2) is 41.1 Å². The van der Waals surface area contributed by atoms with E-state index in [0.29, 0.717) is 6.54 Å². The lowest BCUT2D eigenvalue weighted by atomic mass is 10.4. The summed E-state index contributed by atoms with van der Waals surface area (Å²) in [5.41, 5.74) is 4.64. The van der Waals surface area contributed by atoms with Crippen LogP contribution in [0.2, 0.25) is 0 Å². The van der Waals surface area contributed by atoms with Gasteiger partial charge in [-0.1, -0.05) is 12.2 Å². The molecular weight excluding hydrogens is 194 g/mol. The highest BCUT2D eigenvalue weighted by Crippen LogP contribution is 1.90. The van der Waals surface area contributed by atoms with Gasteiger partial charge in [0.2, 0.25) is 0 Å². The van der Waals surface area contributed by atoms with E-state index in [0.717, 1.165) is 4.57 Å². The van der Waals surface area contributed by atoms with E-state index >= 15 is 0 Å². The van der Waals surface area contributed by atoms with Crippen molar-refractivity contribution in [1.82, 2.24) is 9.13 Å². The first-order valence-electron chi connectivity index (χ1n) is 4.43. The molecule has 1 heterocycles. The molecule has 1 aromatic heterocycles. The van der Waals surface area contributed by atoms with E-state index in [9.17, 15) is 9.59 Å². The average Bonchev–Trinajstić information content (AvgIpc) is 2.21. The molecule has 0 saturated heterocycles. The van der Waals surface area contributed by atoms with Crippen LogP contribution in [0, 0.1) is 0 Å². The number of aromatic nitrogens is 2. The number of nitrogen functional groups attached to an aromatic ring is 1. The van der Waals surface area contributed by atoms with Crippen LogP contribution in [0.4, 0.5) is 5.69 Å². The molecule has 0 amide bonds. The van der Waals surface area contributed by atoms with Gasteiger partial charge in [-0.3, -0.25) is 13.9 Å². The summed E-state index contributed by atoms with van der Waals surface area (Å²) in [6.07, 6.45) is 4.36. The van der Waals surface area contributed by atoms with Crippen LogP contribution in [-0.2, 0) is 13.1 Å². The van der Waals surface area contributed by atoms with Gasteiger partial charge in [-0.15, -0.1) is 13.2 Å². The van der Waals surface area contributed by atoms with Gasteiger partial charge in [0.05, 0.1) is 0 Å². The summed E-state index contributed by atoms with van der Waals surface area (Å²) in [6, 6.07) is 0. The molecule has 1 rings (SSSR count). The van der Waals surface area contributed by atoms with E-state index in [-0.39, 0.29) is 12.2 Å². The summed E-state index contributed by atoms with van der Waals surface area (Å²) >= 11 is 0. The smallest absolute Gasteiger partial charge is 0.331 e. The van der Waals surface area contributed by atoms with Gasteiger partial charge in [-0.05, 0) is 0 Å². The van der Waals surface area contributed by atoms with Crippen molar-refractivity contribution in [3.05, 3.63) is 52.3 Å². The minimum Gasteiger partial charge on any atom is -0.393 e. The molecule has 0 saturated carbocycles. The molecule has 1 aromatic rings. The summed E-state index contributed by atoms with van der Waals surface area (Å²) in [5, 5.41) is 0. The predicted octanol–water partition coefficient (Wildman–Crippen LogP) is -0.0358. The van der Waals surface area contributed by atoms with Crippen molar-refractivity contribution in [2.45, 2.75) is 13.1 Å². The Morgan fingerprint density at radius 3 is 2.40 bits per heavy atom. The lowest BCUT2D eigenvalue weighted by Crippen LogP contribution is -2.40. The van der Waals surface area contributed by atoms with E-state index in [4.69, 9.17) is 5.73 Å². The largest absolute Gasteiger partial charge is 0.393 e. The van der Waals surface area contributed by atoms with Gasteiger partial charge in [0.15, 0.2) is 0 Å². The summed E-state index contributed by atoms with van der Waals surface area (Å²) in [4.78, 5) is 23.2. The third-order valence-electron chi connectivity index (χ3n) is 1.90. The zero-order valence-electron chi connectivity index (χ0n) is 8.35. The van der Waals surface area contributed by atoms with Gasteiger partial charge in [-0.2, -0.15) is 0 Å². The maximum absolute atomic E-state index is 11.7. The first kappa shape index (κ1) is 11.0. The molecule has 0 atom stereocenters. The Hall–Kier alpha value is -2.04. The zero-order valence-corrected chi connectivity index (χ0v) is 8.35. The number of nitrogens with two attached hydrogens (primary N) is 1. The van der Waals surface area contributed by atoms with Crippen molar-refractivity contribution in [1.29, 1.82) is 0 Å². The molecule has 0 aliphatic heterocycles. The molecule has 0 bridgehead atoms. The van der Waals surface area contributed by atoms with Crippen LogP contribution in [0.25, 0.3) is 0 Å². The molecule has 5 heteroatoms. The van der Waals surface area contributed by atoms with Crippen LogP contribution in [0.1, 0.15) is 0 Å². The lowest BCUT2D eigenvalue weighted by Gasteiger charge is -2.07. The topological polar surface area (TPSA) is 70.0 Å². The second kappa shape index (κ2) is 4.45. The van der Waals surface area contributed by atoms with Gasteiger partial charge >= 0.3 is 5.69 Å². The molecule has 0 aromatic carbocycles. The Balaban J connectivity index is 3.48. The van der Waals surface area contributed by atoms with E-state index in [2.05, 4.69) is 13.2 Å². The van der Waals surface area contributed by atoms with Crippen LogP contribution in [-0.4, -0.2) is 9.13 Å². The molecule has 80 valence electrons. The van der Waals surface area contributed by atoms with Crippen molar-refractivity contribution >= 4 is 5.69 Å². The Morgan fingerprint density at radius 2 is 1.87 bits per heavy atom. The van der Waals surface area contributed by atoms with Crippen LogP contribution < -0.4 is 17.0 Å². The first-order valence-corrected chi connectivity index (χ1v) is 4.43. The average molecular weight is 207 g/mol. The maximum Gasteiger partial charge on any atom is 0.331 e. The SMILES string of the molecule is C=CCn1cc(N)c(=O)n(CC=C)c1=O. The number of nitrogens with zero attached hydrogens (tertiary/aromatic N) is 2. The molecule has 0 fully saturated rings. The fourth-order valence-electron chi connectivity index (χ4n) is 1.24. The Kier molecular flexibility index (Phi) is 3.28. The van der Waals surface area contributed by atoms with Crippen LogP contribution >= 0.6 is 0 Å². The minimum atomic E-state index is -0.486. The fourth-order valence-corrected chi connectivity index (χ4v) is 1.24. The molecule has 0 radical (unpaired) electrons. The number of hydrogen-bond donors (Lipinski definition) is 1. The normalized spacial score (nSPS) is 9.87. The lowest BCUT2D eigenvalue weighted by molar-refractivity contribution is 0.629. The number of anilines is 1. The molecule has 0 spiro atoms. The molecule has 5 nitrogen and oxygen atoms in total. The fraction of sp³-hybridized carbons (Fsp3) is 0.200. The highest BCUT2D eigenvalue weighted by Gasteiger charge is 2.06.